The first-order valence-electron chi connectivity index (χ1n) is 2.88. The standard InChI is InChI=1S/C6H12Cl2/c1-5(2)6(8)3-4-7/h5-6H,3-4H2,1-2H3. The van der Waals surface area contributed by atoms with Crippen molar-refractivity contribution in [1.82, 2.24) is 0 Å². The van der Waals surface area contributed by atoms with Gasteiger partial charge in [-0.15, -0.1) is 23.2 Å². The van der Waals surface area contributed by atoms with E-state index in [4.69, 9.17) is 23.2 Å². The lowest BCUT2D eigenvalue weighted by molar-refractivity contribution is 0.588. The van der Waals surface area contributed by atoms with Gasteiger partial charge in [0.05, 0.1) is 0 Å². The van der Waals surface area contributed by atoms with Gasteiger partial charge in [-0.1, -0.05) is 13.8 Å². The van der Waals surface area contributed by atoms with Gasteiger partial charge in [-0.25, -0.2) is 0 Å². The van der Waals surface area contributed by atoms with Crippen molar-refractivity contribution in [2.24, 2.45) is 5.92 Å². The van der Waals surface area contributed by atoms with Crippen molar-refractivity contribution in [3.8, 4) is 0 Å². The van der Waals surface area contributed by atoms with Crippen LogP contribution in [0.1, 0.15) is 20.3 Å². The summed E-state index contributed by atoms with van der Waals surface area (Å²) in [6, 6.07) is 0. The fourth-order valence-electron chi connectivity index (χ4n) is 0.438. The molecule has 0 aromatic carbocycles. The highest BCUT2D eigenvalue weighted by Gasteiger charge is 2.06. The van der Waals surface area contributed by atoms with Crippen molar-refractivity contribution in [2.75, 3.05) is 5.88 Å². The molecule has 1 atom stereocenters. The Morgan fingerprint density at radius 1 is 1.38 bits per heavy atom. The molecule has 1 unspecified atom stereocenters. The van der Waals surface area contributed by atoms with E-state index in [1.54, 1.807) is 0 Å². The van der Waals surface area contributed by atoms with E-state index in [1.807, 2.05) is 0 Å². The topological polar surface area (TPSA) is 0 Å². The third kappa shape index (κ3) is 3.57. The van der Waals surface area contributed by atoms with Crippen molar-refractivity contribution < 1.29 is 0 Å². The maximum atomic E-state index is 5.83. The zero-order valence-electron chi connectivity index (χ0n) is 5.32. The largest absolute Gasteiger partial charge is 0.127 e. The molecule has 0 aliphatic rings. The fourth-order valence-corrected chi connectivity index (χ4v) is 0.893. The average Bonchev–Trinajstić information content (AvgIpc) is 1.67. The Kier molecular flexibility index (Phi) is 4.78. The maximum Gasteiger partial charge on any atom is 0.0370 e. The summed E-state index contributed by atoms with van der Waals surface area (Å²) < 4.78 is 0. The van der Waals surface area contributed by atoms with Gasteiger partial charge < -0.3 is 0 Å². The minimum absolute atomic E-state index is 0.257. The lowest BCUT2D eigenvalue weighted by Gasteiger charge is -2.09. The van der Waals surface area contributed by atoms with E-state index in [-0.39, 0.29) is 5.38 Å². The molecule has 0 heterocycles. The van der Waals surface area contributed by atoms with Crippen LogP contribution in [0.15, 0.2) is 0 Å². The SMILES string of the molecule is CC(C)C(Cl)CCCl. The Bertz CT molecular complexity index is 52.5. The minimum Gasteiger partial charge on any atom is -0.127 e. The molecule has 0 radical (unpaired) electrons. The summed E-state index contributed by atoms with van der Waals surface area (Å²) in [6.07, 6.45) is 0.917. The lowest BCUT2D eigenvalue weighted by atomic mass is 10.1. The van der Waals surface area contributed by atoms with Gasteiger partial charge in [-0.2, -0.15) is 0 Å². The molecule has 0 bridgehead atoms. The highest BCUT2D eigenvalue weighted by molar-refractivity contribution is 6.22. The predicted octanol–water partition coefficient (Wildman–Crippen LogP) is 2.88. The number of alkyl halides is 2. The summed E-state index contributed by atoms with van der Waals surface area (Å²) >= 11 is 11.3. The molecule has 8 heavy (non-hydrogen) atoms. The molecular weight excluding hydrogens is 143 g/mol. The Hall–Kier alpha value is 0.580. The fraction of sp³-hybridized carbons (Fsp3) is 1.00. The third-order valence-corrected chi connectivity index (χ3v) is 2.05. The molecule has 0 aliphatic heterocycles. The third-order valence-electron chi connectivity index (χ3n) is 1.11. The van der Waals surface area contributed by atoms with Gasteiger partial charge in [0, 0.05) is 11.3 Å². The molecule has 0 amide bonds. The second-order valence-electron chi connectivity index (χ2n) is 2.24. The van der Waals surface area contributed by atoms with E-state index in [2.05, 4.69) is 13.8 Å². The van der Waals surface area contributed by atoms with Gasteiger partial charge in [-0.3, -0.25) is 0 Å². The zero-order chi connectivity index (χ0) is 6.57. The summed E-state index contributed by atoms with van der Waals surface area (Å²) in [4.78, 5) is 0. The van der Waals surface area contributed by atoms with Crippen LogP contribution in [0, 0.1) is 5.92 Å². The molecule has 0 fully saturated rings. The van der Waals surface area contributed by atoms with Gasteiger partial charge in [0.25, 0.3) is 0 Å². The second-order valence-corrected chi connectivity index (χ2v) is 3.18. The summed E-state index contributed by atoms with van der Waals surface area (Å²) in [7, 11) is 0. The van der Waals surface area contributed by atoms with E-state index in [1.165, 1.54) is 0 Å². The highest BCUT2D eigenvalue weighted by atomic mass is 35.5. The van der Waals surface area contributed by atoms with Crippen molar-refractivity contribution in [1.29, 1.82) is 0 Å². The van der Waals surface area contributed by atoms with Crippen LogP contribution < -0.4 is 0 Å². The molecule has 2 heteroatoms. The van der Waals surface area contributed by atoms with Crippen molar-refractivity contribution in [3.05, 3.63) is 0 Å². The molecule has 0 aromatic rings. The maximum absolute atomic E-state index is 5.83. The molecule has 0 aromatic heterocycles. The molecule has 0 aliphatic carbocycles. The quantitative estimate of drug-likeness (QED) is 0.549. The predicted molar refractivity (Wildman–Crippen MR) is 39.8 cm³/mol. The molecule has 0 spiro atoms. The van der Waals surface area contributed by atoms with Crippen LogP contribution in [-0.2, 0) is 0 Å². The highest BCUT2D eigenvalue weighted by Crippen LogP contribution is 2.13. The summed E-state index contributed by atoms with van der Waals surface area (Å²) in [5, 5.41) is 0.257. The number of hydrogen-bond donors (Lipinski definition) is 0. The first-order valence-corrected chi connectivity index (χ1v) is 3.85. The van der Waals surface area contributed by atoms with Gasteiger partial charge in [0.2, 0.25) is 0 Å². The van der Waals surface area contributed by atoms with Gasteiger partial charge in [0.1, 0.15) is 0 Å². The van der Waals surface area contributed by atoms with E-state index in [9.17, 15) is 0 Å². The van der Waals surface area contributed by atoms with E-state index in [0.717, 1.165) is 6.42 Å². The normalized spacial score (nSPS) is 14.6. The van der Waals surface area contributed by atoms with E-state index in [0.29, 0.717) is 11.8 Å². The van der Waals surface area contributed by atoms with Crippen LogP contribution in [0.5, 0.6) is 0 Å². The Morgan fingerprint density at radius 2 is 1.88 bits per heavy atom. The first kappa shape index (κ1) is 8.58. The Labute approximate surface area is 61.2 Å². The Morgan fingerprint density at radius 3 is 2.00 bits per heavy atom. The smallest absolute Gasteiger partial charge is 0.0370 e. The van der Waals surface area contributed by atoms with Crippen molar-refractivity contribution >= 4 is 23.2 Å². The van der Waals surface area contributed by atoms with E-state index < -0.39 is 0 Å². The number of hydrogen-bond acceptors (Lipinski definition) is 0. The lowest BCUT2D eigenvalue weighted by Crippen LogP contribution is -2.07. The summed E-state index contributed by atoms with van der Waals surface area (Å²) in [6.45, 7) is 4.20. The Balaban J connectivity index is 3.17. The van der Waals surface area contributed by atoms with Crippen molar-refractivity contribution in [2.45, 2.75) is 25.6 Å². The van der Waals surface area contributed by atoms with Gasteiger partial charge >= 0.3 is 0 Å². The number of rotatable bonds is 3. The van der Waals surface area contributed by atoms with E-state index >= 15 is 0 Å². The molecule has 50 valence electrons. The van der Waals surface area contributed by atoms with Crippen LogP contribution >= 0.6 is 23.2 Å². The average molecular weight is 155 g/mol. The van der Waals surface area contributed by atoms with Gasteiger partial charge in [0.15, 0.2) is 0 Å². The molecule has 0 saturated heterocycles. The van der Waals surface area contributed by atoms with Crippen LogP contribution in [-0.4, -0.2) is 11.3 Å². The van der Waals surface area contributed by atoms with Crippen LogP contribution in [0.3, 0.4) is 0 Å². The zero-order valence-corrected chi connectivity index (χ0v) is 6.84. The van der Waals surface area contributed by atoms with Crippen molar-refractivity contribution in [3.63, 3.8) is 0 Å². The summed E-state index contributed by atoms with van der Waals surface area (Å²) in [5.74, 6) is 1.22. The molecule has 0 N–H and O–H groups in total. The molecule has 0 saturated carbocycles. The second kappa shape index (κ2) is 4.46. The van der Waals surface area contributed by atoms with Gasteiger partial charge in [-0.05, 0) is 12.3 Å². The minimum atomic E-state index is 0.257. The molecular formula is C6H12Cl2. The number of halogens is 2. The van der Waals surface area contributed by atoms with Crippen LogP contribution in [0.4, 0.5) is 0 Å². The first-order chi connectivity index (χ1) is 3.68. The molecule has 0 rings (SSSR count). The van der Waals surface area contributed by atoms with Crippen LogP contribution in [0.25, 0.3) is 0 Å². The monoisotopic (exact) mass is 154 g/mol. The summed E-state index contributed by atoms with van der Waals surface area (Å²) in [5.41, 5.74) is 0. The molecule has 0 nitrogen and oxygen atoms in total. The van der Waals surface area contributed by atoms with Crippen LogP contribution in [0.2, 0.25) is 0 Å².